The second kappa shape index (κ2) is 12.2. The van der Waals surface area contributed by atoms with Crippen molar-refractivity contribution in [1.82, 2.24) is 10.2 Å². The first-order valence-electron chi connectivity index (χ1n) is 9.10. The van der Waals surface area contributed by atoms with Crippen LogP contribution in [0.25, 0.3) is 0 Å². The van der Waals surface area contributed by atoms with E-state index < -0.39 is 0 Å². The number of piperazine rings is 1. The van der Waals surface area contributed by atoms with E-state index in [1.807, 2.05) is 23.9 Å². The first kappa shape index (κ1) is 24.6. The summed E-state index contributed by atoms with van der Waals surface area (Å²) in [4.78, 5) is 5.24. The molecule has 0 saturated carbocycles. The fourth-order valence-electron chi connectivity index (χ4n) is 3.39. The van der Waals surface area contributed by atoms with Crippen molar-refractivity contribution in [2.45, 2.75) is 36.1 Å². The minimum absolute atomic E-state index is 0. The third-order valence-electron chi connectivity index (χ3n) is 4.61. The van der Waals surface area contributed by atoms with Gasteiger partial charge in [0, 0.05) is 47.0 Å². The predicted molar refractivity (Wildman–Crippen MR) is 123 cm³/mol. The van der Waals surface area contributed by atoms with Crippen LogP contribution in [0.5, 0.6) is 0 Å². The lowest BCUT2D eigenvalue weighted by Crippen LogP contribution is -2.45. The van der Waals surface area contributed by atoms with E-state index in [2.05, 4.69) is 60.5 Å². The lowest BCUT2D eigenvalue weighted by Gasteiger charge is -2.37. The Kier molecular flexibility index (Phi) is 11.1. The average molecular weight is 448 g/mol. The minimum atomic E-state index is 0. The number of halogens is 3. The van der Waals surface area contributed by atoms with Crippen molar-refractivity contribution in [2.75, 3.05) is 26.2 Å². The number of hydrogen-bond acceptors (Lipinski definition) is 3. The van der Waals surface area contributed by atoms with E-state index in [1.165, 1.54) is 21.8 Å². The van der Waals surface area contributed by atoms with Crippen LogP contribution in [-0.4, -0.2) is 31.1 Å². The van der Waals surface area contributed by atoms with Crippen LogP contribution in [0, 0.1) is 5.92 Å². The fraction of sp³-hybridized carbons (Fsp3) is 0.429. The van der Waals surface area contributed by atoms with Gasteiger partial charge in [-0.3, -0.25) is 4.90 Å². The third kappa shape index (κ3) is 7.16. The van der Waals surface area contributed by atoms with Gasteiger partial charge < -0.3 is 5.32 Å². The molecule has 0 radical (unpaired) electrons. The Balaban J connectivity index is 0.00000182. The molecule has 2 aromatic carbocycles. The number of benzene rings is 2. The number of rotatable bonds is 6. The van der Waals surface area contributed by atoms with Crippen LogP contribution in [0.2, 0.25) is 5.02 Å². The number of hydrogen-bond donors (Lipinski definition) is 1. The summed E-state index contributed by atoms with van der Waals surface area (Å²) >= 11 is 7.87. The number of nitrogens with one attached hydrogen (secondary N) is 1. The second-order valence-electron chi connectivity index (χ2n) is 7.03. The molecule has 0 unspecified atom stereocenters. The second-order valence-corrected chi connectivity index (χ2v) is 8.58. The van der Waals surface area contributed by atoms with Gasteiger partial charge in [0.1, 0.15) is 0 Å². The summed E-state index contributed by atoms with van der Waals surface area (Å²) in [6.45, 7) is 9.06. The van der Waals surface area contributed by atoms with E-state index in [4.69, 9.17) is 11.6 Å². The van der Waals surface area contributed by atoms with Gasteiger partial charge in [0.2, 0.25) is 0 Å². The molecule has 1 aliphatic rings. The summed E-state index contributed by atoms with van der Waals surface area (Å²) in [7, 11) is 0. The highest BCUT2D eigenvalue weighted by molar-refractivity contribution is 7.99. The molecule has 1 N–H and O–H groups in total. The Morgan fingerprint density at radius 3 is 2.26 bits per heavy atom. The minimum Gasteiger partial charge on any atom is -0.314 e. The average Bonchev–Trinajstić information content (AvgIpc) is 2.63. The molecule has 27 heavy (non-hydrogen) atoms. The monoisotopic (exact) mass is 446 g/mol. The Labute approximate surface area is 185 Å². The molecule has 0 spiro atoms. The zero-order valence-corrected chi connectivity index (χ0v) is 19.1. The molecule has 2 aromatic rings. The fourth-order valence-corrected chi connectivity index (χ4v) is 4.51. The van der Waals surface area contributed by atoms with Crippen LogP contribution in [0.4, 0.5) is 0 Å². The van der Waals surface area contributed by atoms with Gasteiger partial charge in [-0.15, -0.1) is 24.8 Å². The molecule has 1 heterocycles. The summed E-state index contributed by atoms with van der Waals surface area (Å²) in [5.41, 5.74) is 1.46. The van der Waals surface area contributed by atoms with Crippen LogP contribution in [-0.2, 0) is 0 Å². The van der Waals surface area contributed by atoms with Gasteiger partial charge in [-0.1, -0.05) is 55.4 Å². The van der Waals surface area contributed by atoms with Crippen molar-refractivity contribution < 1.29 is 0 Å². The summed E-state index contributed by atoms with van der Waals surface area (Å²) in [5.74, 6) is 0.675. The molecule has 6 heteroatoms. The molecule has 1 atom stereocenters. The van der Waals surface area contributed by atoms with Crippen LogP contribution < -0.4 is 5.32 Å². The molecule has 0 bridgehead atoms. The van der Waals surface area contributed by atoms with Crippen LogP contribution in [0.3, 0.4) is 0 Å². The summed E-state index contributed by atoms with van der Waals surface area (Å²) < 4.78 is 0. The lowest BCUT2D eigenvalue weighted by atomic mass is 9.95. The van der Waals surface area contributed by atoms with Gasteiger partial charge in [0.15, 0.2) is 0 Å². The normalized spacial score (nSPS) is 15.7. The quantitative estimate of drug-likeness (QED) is 0.557. The van der Waals surface area contributed by atoms with E-state index in [0.717, 1.165) is 31.2 Å². The zero-order chi connectivity index (χ0) is 17.6. The maximum atomic E-state index is 6.03. The standard InChI is InChI=1S/C21H27ClN2S.2ClH/c1-16(2)15-20(24-13-11-23-12-14-24)19-5-3-4-6-21(19)25-18-9-7-17(22)8-10-18;;/h3-10,16,20,23H,11-15H2,1-2H3;2*1H/t20-;;/m1../s1. The third-order valence-corrected chi connectivity index (χ3v) is 5.96. The number of nitrogens with zero attached hydrogens (tertiary/aromatic N) is 1. The zero-order valence-electron chi connectivity index (χ0n) is 15.9. The van der Waals surface area contributed by atoms with Gasteiger partial charge in [-0.2, -0.15) is 0 Å². The van der Waals surface area contributed by atoms with Crippen molar-refractivity contribution in [3.05, 3.63) is 59.1 Å². The Hall–Kier alpha value is -0.420. The van der Waals surface area contributed by atoms with Crippen molar-refractivity contribution in [2.24, 2.45) is 5.92 Å². The maximum absolute atomic E-state index is 6.03. The SMILES string of the molecule is CC(C)C[C@H](c1ccccc1Sc1ccc(Cl)cc1)N1CCNCC1.Cl.Cl. The van der Waals surface area contributed by atoms with Gasteiger partial charge in [-0.05, 0) is 48.2 Å². The van der Waals surface area contributed by atoms with Gasteiger partial charge in [-0.25, -0.2) is 0 Å². The van der Waals surface area contributed by atoms with Crippen molar-refractivity contribution in [1.29, 1.82) is 0 Å². The molecule has 1 aliphatic heterocycles. The highest BCUT2D eigenvalue weighted by atomic mass is 35.5. The van der Waals surface area contributed by atoms with Gasteiger partial charge in [0.05, 0.1) is 0 Å². The highest BCUT2D eigenvalue weighted by Crippen LogP contribution is 2.38. The molecule has 1 saturated heterocycles. The summed E-state index contributed by atoms with van der Waals surface area (Å²) in [5, 5.41) is 4.26. The summed E-state index contributed by atoms with van der Waals surface area (Å²) in [6.07, 6.45) is 1.19. The van der Waals surface area contributed by atoms with Gasteiger partial charge >= 0.3 is 0 Å². The van der Waals surface area contributed by atoms with Crippen molar-refractivity contribution >= 4 is 48.2 Å². The molecule has 0 amide bonds. The Bertz CT molecular complexity index is 673. The molecule has 0 aromatic heterocycles. The largest absolute Gasteiger partial charge is 0.314 e. The maximum Gasteiger partial charge on any atom is 0.0406 e. The lowest BCUT2D eigenvalue weighted by molar-refractivity contribution is 0.152. The Morgan fingerprint density at radius 2 is 1.63 bits per heavy atom. The molecule has 0 aliphatic carbocycles. The topological polar surface area (TPSA) is 15.3 Å². The van der Waals surface area contributed by atoms with Crippen LogP contribution in [0.15, 0.2) is 58.3 Å². The van der Waals surface area contributed by atoms with E-state index in [9.17, 15) is 0 Å². The first-order valence-corrected chi connectivity index (χ1v) is 10.3. The molecular weight excluding hydrogens is 419 g/mol. The van der Waals surface area contributed by atoms with E-state index in [1.54, 1.807) is 0 Å². The molecular formula is C21H29Cl3N2S. The molecule has 2 nitrogen and oxygen atoms in total. The van der Waals surface area contributed by atoms with Crippen LogP contribution in [0.1, 0.15) is 31.9 Å². The van der Waals surface area contributed by atoms with E-state index in [-0.39, 0.29) is 24.8 Å². The smallest absolute Gasteiger partial charge is 0.0406 e. The summed E-state index contributed by atoms with van der Waals surface area (Å²) in [6, 6.07) is 17.5. The highest BCUT2D eigenvalue weighted by Gasteiger charge is 2.25. The van der Waals surface area contributed by atoms with Crippen LogP contribution >= 0.6 is 48.2 Å². The van der Waals surface area contributed by atoms with E-state index in [0.29, 0.717) is 12.0 Å². The van der Waals surface area contributed by atoms with Gasteiger partial charge in [0.25, 0.3) is 0 Å². The Morgan fingerprint density at radius 1 is 1.00 bits per heavy atom. The molecule has 1 fully saturated rings. The molecule has 150 valence electrons. The first-order chi connectivity index (χ1) is 12.1. The molecule has 3 rings (SSSR count). The van der Waals surface area contributed by atoms with Crippen molar-refractivity contribution in [3.8, 4) is 0 Å². The van der Waals surface area contributed by atoms with E-state index >= 15 is 0 Å². The predicted octanol–water partition coefficient (Wildman–Crippen LogP) is 6.33. The van der Waals surface area contributed by atoms with Crippen molar-refractivity contribution in [3.63, 3.8) is 0 Å².